The lowest BCUT2D eigenvalue weighted by molar-refractivity contribution is -0.126. The molecule has 3 aromatic rings. The Morgan fingerprint density at radius 1 is 0.903 bits per heavy atom. The molecule has 7 nitrogen and oxygen atoms in total. The van der Waals surface area contributed by atoms with Gasteiger partial charge in [0.15, 0.2) is 0 Å². The summed E-state index contributed by atoms with van der Waals surface area (Å²) in [4.78, 5) is 41.6. The summed E-state index contributed by atoms with van der Waals surface area (Å²) in [5.41, 5.74) is -0.625. The van der Waals surface area contributed by atoms with Gasteiger partial charge in [-0.05, 0) is 31.5 Å². The van der Waals surface area contributed by atoms with E-state index in [0.29, 0.717) is 5.69 Å². The van der Waals surface area contributed by atoms with Crippen LogP contribution in [0, 0.1) is 5.41 Å². The predicted octanol–water partition coefficient (Wildman–Crippen LogP) is 3.30. The second kappa shape index (κ2) is 8.34. The molecule has 3 rings (SSSR count). The highest BCUT2D eigenvalue weighted by Gasteiger charge is 2.36. The molecular weight excluding hydrogens is 392 g/mol. The molecule has 3 N–H and O–H groups in total. The standard InChI is InChI=1S/C24H28N4O3/c1-23(2,3)21(28-22(31)24(4,5)15-10-7-6-8-11-15)27-18-17(19(29)20(18)30)26-16-12-9-13-25-14-16/h6-14,21,26-27H,1-5H3,(H,28,31). The van der Waals surface area contributed by atoms with E-state index < -0.39 is 27.9 Å². The van der Waals surface area contributed by atoms with Crippen molar-refractivity contribution in [3.8, 4) is 0 Å². The molecule has 1 heterocycles. The first kappa shape index (κ1) is 22.2. The topological polar surface area (TPSA) is 100 Å². The average molecular weight is 421 g/mol. The van der Waals surface area contributed by atoms with E-state index >= 15 is 0 Å². The normalized spacial score (nSPS) is 12.9. The Bertz CT molecular complexity index is 1130. The van der Waals surface area contributed by atoms with Crippen LogP contribution in [0.2, 0.25) is 0 Å². The van der Waals surface area contributed by atoms with Gasteiger partial charge in [0.25, 0.3) is 10.9 Å². The second-order valence-corrected chi connectivity index (χ2v) is 9.18. The van der Waals surface area contributed by atoms with Crippen LogP contribution in [-0.4, -0.2) is 17.1 Å². The first-order valence-electron chi connectivity index (χ1n) is 10.1. The van der Waals surface area contributed by atoms with Crippen molar-refractivity contribution in [1.82, 2.24) is 10.3 Å². The first-order chi connectivity index (χ1) is 14.5. The summed E-state index contributed by atoms with van der Waals surface area (Å²) >= 11 is 0. The summed E-state index contributed by atoms with van der Waals surface area (Å²) in [7, 11) is 0. The zero-order chi connectivity index (χ0) is 22.8. The van der Waals surface area contributed by atoms with Gasteiger partial charge in [-0.2, -0.15) is 0 Å². The molecule has 1 atom stereocenters. The van der Waals surface area contributed by atoms with Crippen molar-refractivity contribution in [2.75, 3.05) is 10.6 Å². The van der Waals surface area contributed by atoms with Gasteiger partial charge in [0.05, 0.1) is 17.3 Å². The fraction of sp³-hybridized carbons (Fsp3) is 0.333. The molecule has 0 bridgehead atoms. The van der Waals surface area contributed by atoms with E-state index in [1.165, 1.54) is 0 Å². The lowest BCUT2D eigenvalue weighted by atomic mass is 9.82. The molecule has 0 aliphatic heterocycles. The molecule has 0 radical (unpaired) electrons. The molecule has 7 heteroatoms. The van der Waals surface area contributed by atoms with Crippen molar-refractivity contribution < 1.29 is 4.79 Å². The molecule has 162 valence electrons. The van der Waals surface area contributed by atoms with E-state index in [9.17, 15) is 14.4 Å². The molecule has 2 aromatic carbocycles. The van der Waals surface area contributed by atoms with Crippen molar-refractivity contribution in [2.45, 2.75) is 46.2 Å². The fourth-order valence-corrected chi connectivity index (χ4v) is 3.14. The molecule has 0 spiro atoms. The maximum absolute atomic E-state index is 13.2. The van der Waals surface area contributed by atoms with Crippen LogP contribution in [0.1, 0.15) is 40.2 Å². The number of hydrogen-bond acceptors (Lipinski definition) is 6. The van der Waals surface area contributed by atoms with Crippen LogP contribution < -0.4 is 26.8 Å². The monoisotopic (exact) mass is 420 g/mol. The molecule has 31 heavy (non-hydrogen) atoms. The smallest absolute Gasteiger partial charge is 0.253 e. The van der Waals surface area contributed by atoms with Crippen LogP contribution >= 0.6 is 0 Å². The molecule has 0 aliphatic rings. The molecule has 0 saturated carbocycles. The summed E-state index contributed by atoms with van der Waals surface area (Å²) in [6.07, 6.45) is 2.60. The summed E-state index contributed by atoms with van der Waals surface area (Å²) in [6, 6.07) is 13.0. The minimum absolute atomic E-state index is 0.159. The number of rotatable bonds is 7. The van der Waals surface area contributed by atoms with Crippen molar-refractivity contribution in [1.29, 1.82) is 0 Å². The summed E-state index contributed by atoms with van der Waals surface area (Å²) in [5, 5.41) is 9.07. The van der Waals surface area contributed by atoms with Gasteiger partial charge in [0, 0.05) is 11.6 Å². The van der Waals surface area contributed by atoms with Gasteiger partial charge >= 0.3 is 0 Å². The number of amides is 1. The minimum atomic E-state index is -0.781. The molecule has 0 fully saturated rings. The highest BCUT2D eigenvalue weighted by atomic mass is 16.2. The largest absolute Gasteiger partial charge is 0.360 e. The van der Waals surface area contributed by atoms with Gasteiger partial charge in [0.1, 0.15) is 17.5 Å². The van der Waals surface area contributed by atoms with Crippen LogP contribution in [0.3, 0.4) is 0 Å². The second-order valence-electron chi connectivity index (χ2n) is 9.18. The lowest BCUT2D eigenvalue weighted by Crippen LogP contribution is -2.55. The third kappa shape index (κ3) is 4.66. The number of benzene rings is 1. The Kier molecular flexibility index (Phi) is 5.97. The Morgan fingerprint density at radius 3 is 2.13 bits per heavy atom. The van der Waals surface area contributed by atoms with E-state index in [0.717, 1.165) is 5.56 Å². The third-order valence-electron chi connectivity index (χ3n) is 5.33. The predicted molar refractivity (Wildman–Crippen MR) is 123 cm³/mol. The SMILES string of the molecule is CC(C)(C(=O)NC(Nc1c(Nc2cccnc2)c(=O)c1=O)C(C)(C)C)c1ccccc1. The minimum Gasteiger partial charge on any atom is -0.360 e. The number of anilines is 3. The van der Waals surface area contributed by atoms with Crippen LogP contribution in [0.15, 0.2) is 64.4 Å². The van der Waals surface area contributed by atoms with Crippen molar-refractivity contribution in [2.24, 2.45) is 5.41 Å². The van der Waals surface area contributed by atoms with Gasteiger partial charge in [-0.1, -0.05) is 51.1 Å². The Labute approximate surface area is 181 Å². The van der Waals surface area contributed by atoms with E-state index in [4.69, 9.17) is 0 Å². The summed E-state index contributed by atoms with van der Waals surface area (Å²) in [5.74, 6) is -0.188. The zero-order valence-corrected chi connectivity index (χ0v) is 18.4. The Balaban J connectivity index is 1.84. The zero-order valence-electron chi connectivity index (χ0n) is 18.4. The number of pyridine rings is 1. The Hall–Kier alpha value is -3.48. The molecular formula is C24H28N4O3. The van der Waals surface area contributed by atoms with E-state index in [1.54, 1.807) is 24.5 Å². The molecule has 0 saturated heterocycles. The highest BCUT2D eigenvalue weighted by Crippen LogP contribution is 2.28. The fourth-order valence-electron chi connectivity index (χ4n) is 3.14. The number of carbonyl (C=O) groups excluding carboxylic acids is 1. The quantitative estimate of drug-likeness (QED) is 0.401. The van der Waals surface area contributed by atoms with E-state index in [1.807, 2.05) is 65.0 Å². The summed E-state index contributed by atoms with van der Waals surface area (Å²) < 4.78 is 0. The van der Waals surface area contributed by atoms with Crippen LogP contribution in [0.5, 0.6) is 0 Å². The van der Waals surface area contributed by atoms with Crippen molar-refractivity contribution in [3.63, 3.8) is 0 Å². The highest BCUT2D eigenvalue weighted by molar-refractivity contribution is 5.88. The molecule has 0 aliphatic carbocycles. The maximum Gasteiger partial charge on any atom is 0.253 e. The molecule has 1 aromatic heterocycles. The Morgan fingerprint density at radius 2 is 1.55 bits per heavy atom. The number of carbonyl (C=O) groups is 1. The van der Waals surface area contributed by atoms with Crippen LogP contribution in [0.25, 0.3) is 0 Å². The van der Waals surface area contributed by atoms with E-state index in [-0.39, 0.29) is 17.3 Å². The number of aromatic nitrogens is 1. The van der Waals surface area contributed by atoms with Gasteiger partial charge < -0.3 is 16.0 Å². The van der Waals surface area contributed by atoms with Crippen LogP contribution in [0.4, 0.5) is 17.1 Å². The van der Waals surface area contributed by atoms with Gasteiger partial charge in [0.2, 0.25) is 5.91 Å². The van der Waals surface area contributed by atoms with Crippen molar-refractivity contribution >= 4 is 23.0 Å². The third-order valence-corrected chi connectivity index (χ3v) is 5.33. The molecule has 1 amide bonds. The number of nitrogens with zero attached hydrogens (tertiary/aromatic N) is 1. The lowest BCUT2D eigenvalue weighted by Gasteiger charge is -2.36. The van der Waals surface area contributed by atoms with E-state index in [2.05, 4.69) is 20.9 Å². The first-order valence-corrected chi connectivity index (χ1v) is 10.1. The van der Waals surface area contributed by atoms with Gasteiger partial charge in [-0.3, -0.25) is 19.4 Å². The van der Waals surface area contributed by atoms with Gasteiger partial charge in [-0.15, -0.1) is 0 Å². The number of hydrogen-bond donors (Lipinski definition) is 3. The maximum atomic E-state index is 13.2. The van der Waals surface area contributed by atoms with Gasteiger partial charge in [-0.25, -0.2) is 0 Å². The number of nitrogens with one attached hydrogen (secondary N) is 3. The molecule has 1 unspecified atom stereocenters. The van der Waals surface area contributed by atoms with Crippen molar-refractivity contribution in [3.05, 3.63) is 80.9 Å². The average Bonchev–Trinajstić information content (AvgIpc) is 2.75. The van der Waals surface area contributed by atoms with Crippen LogP contribution in [-0.2, 0) is 10.2 Å². The summed E-state index contributed by atoms with van der Waals surface area (Å²) in [6.45, 7) is 9.54.